The number of hydrogen-bond acceptors (Lipinski definition) is 3. The lowest BCUT2D eigenvalue weighted by atomic mass is 10.0. The largest absolute Gasteiger partial charge is 0.508 e. The lowest BCUT2D eigenvalue weighted by molar-refractivity contribution is 0.0748. The van der Waals surface area contributed by atoms with Gasteiger partial charge in [-0.25, -0.2) is 4.39 Å². The fourth-order valence-electron chi connectivity index (χ4n) is 3.40. The Balaban J connectivity index is 1.61. The molecule has 0 fully saturated rings. The summed E-state index contributed by atoms with van der Waals surface area (Å²) in [6.07, 6.45) is 0.326. The van der Waals surface area contributed by atoms with Gasteiger partial charge in [0.1, 0.15) is 17.3 Å². The van der Waals surface area contributed by atoms with Crippen LogP contribution in [-0.2, 0) is 19.5 Å². The number of rotatable bonds is 3. The van der Waals surface area contributed by atoms with Gasteiger partial charge < -0.3 is 15.1 Å². The number of nitrogens with zero attached hydrogens (tertiary/aromatic N) is 1. The molecule has 0 atom stereocenters. The highest BCUT2D eigenvalue weighted by Gasteiger charge is 2.26. The van der Waals surface area contributed by atoms with E-state index in [1.54, 1.807) is 17.0 Å². The number of carbonyl (C=O) groups excluding carboxylic acids is 1. The molecule has 1 aliphatic rings. The Labute approximate surface area is 156 Å². The molecule has 0 unspecified atom stereocenters. The number of fused-ring (bicyclic) bond motifs is 1. The Hall–Kier alpha value is -3.34. The number of amides is 1. The molecule has 0 aromatic heterocycles. The van der Waals surface area contributed by atoms with E-state index in [1.807, 2.05) is 24.3 Å². The van der Waals surface area contributed by atoms with Gasteiger partial charge in [-0.15, -0.1) is 0 Å². The van der Waals surface area contributed by atoms with E-state index in [-0.39, 0.29) is 28.8 Å². The van der Waals surface area contributed by atoms with Gasteiger partial charge in [0.15, 0.2) is 0 Å². The van der Waals surface area contributed by atoms with Gasteiger partial charge in [-0.1, -0.05) is 36.4 Å². The Bertz CT molecular complexity index is 990. The molecule has 0 radical (unpaired) electrons. The van der Waals surface area contributed by atoms with Crippen LogP contribution in [0.1, 0.15) is 32.6 Å². The minimum atomic E-state index is -0.335. The number of halogens is 1. The van der Waals surface area contributed by atoms with E-state index in [1.165, 1.54) is 24.3 Å². The molecule has 1 heterocycles. The highest BCUT2D eigenvalue weighted by atomic mass is 19.1. The normalized spacial score (nSPS) is 12.9. The molecule has 136 valence electrons. The summed E-state index contributed by atoms with van der Waals surface area (Å²) < 4.78 is 13.1. The standard InChI is InChI=1S/C22H18FNO3/c23-18-7-5-14(6-8-18)9-17-10-19(21(26)11-20(17)25)22(27)24-12-15-3-1-2-4-16(15)13-24/h1-8,10-11,25-26H,9,12-13H2. The van der Waals surface area contributed by atoms with Crippen molar-refractivity contribution < 1.29 is 19.4 Å². The highest BCUT2D eigenvalue weighted by Crippen LogP contribution is 2.32. The van der Waals surface area contributed by atoms with E-state index in [0.717, 1.165) is 16.7 Å². The molecule has 0 saturated heterocycles. The lowest BCUT2D eigenvalue weighted by Gasteiger charge is -2.17. The molecule has 5 heteroatoms. The molecule has 0 spiro atoms. The molecule has 4 rings (SSSR count). The number of aromatic hydroxyl groups is 2. The van der Waals surface area contributed by atoms with E-state index < -0.39 is 0 Å². The first kappa shape index (κ1) is 17.1. The van der Waals surface area contributed by atoms with Crippen LogP contribution in [0.4, 0.5) is 4.39 Å². The number of benzene rings is 3. The molecular weight excluding hydrogens is 345 g/mol. The van der Waals surface area contributed by atoms with Gasteiger partial charge in [0.2, 0.25) is 0 Å². The zero-order valence-corrected chi connectivity index (χ0v) is 14.5. The first-order chi connectivity index (χ1) is 13.0. The second kappa shape index (κ2) is 6.76. The van der Waals surface area contributed by atoms with Crippen molar-refractivity contribution in [1.29, 1.82) is 0 Å². The maximum Gasteiger partial charge on any atom is 0.258 e. The van der Waals surface area contributed by atoms with Crippen molar-refractivity contribution in [2.45, 2.75) is 19.5 Å². The zero-order chi connectivity index (χ0) is 19.0. The predicted molar refractivity (Wildman–Crippen MR) is 99.0 cm³/mol. The van der Waals surface area contributed by atoms with Crippen LogP contribution in [0.15, 0.2) is 60.7 Å². The molecule has 1 amide bonds. The van der Waals surface area contributed by atoms with E-state index >= 15 is 0 Å². The summed E-state index contributed by atoms with van der Waals surface area (Å²) in [4.78, 5) is 14.6. The second-order valence-corrected chi connectivity index (χ2v) is 6.73. The summed E-state index contributed by atoms with van der Waals surface area (Å²) in [5.41, 5.74) is 3.63. The summed E-state index contributed by atoms with van der Waals surface area (Å²) in [6.45, 7) is 0.977. The van der Waals surface area contributed by atoms with Crippen LogP contribution in [0.3, 0.4) is 0 Å². The van der Waals surface area contributed by atoms with Crippen LogP contribution < -0.4 is 0 Å². The topological polar surface area (TPSA) is 60.8 Å². The molecule has 1 aliphatic heterocycles. The van der Waals surface area contributed by atoms with E-state index in [4.69, 9.17) is 0 Å². The smallest absolute Gasteiger partial charge is 0.258 e. The maximum absolute atomic E-state index is 13.1. The third kappa shape index (κ3) is 3.36. The van der Waals surface area contributed by atoms with Crippen LogP contribution in [0.25, 0.3) is 0 Å². The average molecular weight is 363 g/mol. The minimum Gasteiger partial charge on any atom is -0.508 e. The summed E-state index contributed by atoms with van der Waals surface area (Å²) in [6, 6.07) is 16.5. The lowest BCUT2D eigenvalue weighted by Crippen LogP contribution is -2.25. The van der Waals surface area contributed by atoms with Gasteiger partial charge in [0.05, 0.1) is 5.56 Å². The number of phenols is 2. The molecule has 0 bridgehead atoms. The molecule has 0 aliphatic carbocycles. The van der Waals surface area contributed by atoms with Crippen molar-refractivity contribution in [1.82, 2.24) is 4.90 Å². The van der Waals surface area contributed by atoms with E-state index in [9.17, 15) is 19.4 Å². The summed E-state index contributed by atoms with van der Waals surface area (Å²) in [5, 5.41) is 20.4. The number of carbonyl (C=O) groups is 1. The Morgan fingerprint density at radius 1 is 0.926 bits per heavy atom. The van der Waals surface area contributed by atoms with Crippen molar-refractivity contribution in [3.05, 3.63) is 94.3 Å². The first-order valence-corrected chi connectivity index (χ1v) is 8.66. The fourth-order valence-corrected chi connectivity index (χ4v) is 3.40. The predicted octanol–water partition coefficient (Wildman–Crippen LogP) is 3.98. The van der Waals surface area contributed by atoms with Crippen molar-refractivity contribution in [3.8, 4) is 11.5 Å². The van der Waals surface area contributed by atoms with Gasteiger partial charge in [-0.05, 0) is 40.5 Å². The van der Waals surface area contributed by atoms with Crippen LogP contribution in [0.5, 0.6) is 11.5 Å². The van der Waals surface area contributed by atoms with E-state index in [0.29, 0.717) is 25.1 Å². The Kier molecular flexibility index (Phi) is 4.28. The Morgan fingerprint density at radius 2 is 1.56 bits per heavy atom. The van der Waals surface area contributed by atoms with Crippen molar-refractivity contribution in [2.24, 2.45) is 0 Å². The SMILES string of the molecule is O=C(c1cc(Cc2ccc(F)cc2)c(O)cc1O)N1Cc2ccccc2C1. The monoisotopic (exact) mass is 363 g/mol. The van der Waals surface area contributed by atoms with Gasteiger partial charge in [0, 0.05) is 25.6 Å². The van der Waals surface area contributed by atoms with Crippen LogP contribution >= 0.6 is 0 Å². The molecule has 3 aromatic rings. The number of phenolic OH excluding ortho intramolecular Hbond substituents is 2. The van der Waals surface area contributed by atoms with Crippen LogP contribution in [0, 0.1) is 5.82 Å². The van der Waals surface area contributed by atoms with Gasteiger partial charge in [-0.3, -0.25) is 4.79 Å². The summed E-state index contributed by atoms with van der Waals surface area (Å²) >= 11 is 0. The molecule has 4 nitrogen and oxygen atoms in total. The molecule has 27 heavy (non-hydrogen) atoms. The first-order valence-electron chi connectivity index (χ1n) is 8.66. The van der Waals surface area contributed by atoms with Crippen LogP contribution in [0.2, 0.25) is 0 Å². The van der Waals surface area contributed by atoms with Crippen molar-refractivity contribution in [3.63, 3.8) is 0 Å². The molecule has 0 saturated carbocycles. The van der Waals surface area contributed by atoms with Crippen molar-refractivity contribution in [2.75, 3.05) is 0 Å². The number of hydrogen-bond donors (Lipinski definition) is 2. The second-order valence-electron chi connectivity index (χ2n) is 6.73. The fraction of sp³-hybridized carbons (Fsp3) is 0.136. The average Bonchev–Trinajstić information content (AvgIpc) is 3.09. The minimum absolute atomic E-state index is 0.0990. The Morgan fingerprint density at radius 3 is 2.19 bits per heavy atom. The van der Waals surface area contributed by atoms with Gasteiger partial charge in [0.25, 0.3) is 5.91 Å². The summed E-state index contributed by atoms with van der Waals surface area (Å²) in [7, 11) is 0. The van der Waals surface area contributed by atoms with Crippen LogP contribution in [-0.4, -0.2) is 21.0 Å². The quantitative estimate of drug-likeness (QED) is 0.740. The van der Waals surface area contributed by atoms with Gasteiger partial charge in [-0.2, -0.15) is 0 Å². The molecule has 3 aromatic carbocycles. The molecule has 2 N–H and O–H groups in total. The highest BCUT2D eigenvalue weighted by molar-refractivity contribution is 5.97. The summed E-state index contributed by atoms with van der Waals surface area (Å²) in [5.74, 6) is -0.975. The third-order valence-electron chi connectivity index (χ3n) is 4.86. The zero-order valence-electron chi connectivity index (χ0n) is 14.5. The van der Waals surface area contributed by atoms with Gasteiger partial charge >= 0.3 is 0 Å². The van der Waals surface area contributed by atoms with Crippen molar-refractivity contribution >= 4 is 5.91 Å². The van der Waals surface area contributed by atoms with E-state index in [2.05, 4.69) is 0 Å². The maximum atomic E-state index is 13.1. The molecular formula is C22H18FNO3. The third-order valence-corrected chi connectivity index (χ3v) is 4.86.